The van der Waals surface area contributed by atoms with E-state index in [0.717, 1.165) is 11.7 Å². The lowest BCUT2D eigenvalue weighted by Crippen LogP contribution is -2.33. The van der Waals surface area contributed by atoms with E-state index >= 15 is 0 Å². The van der Waals surface area contributed by atoms with E-state index < -0.39 is 5.97 Å². The van der Waals surface area contributed by atoms with Gasteiger partial charge in [0.2, 0.25) is 0 Å². The molecule has 0 amide bonds. The fourth-order valence-corrected chi connectivity index (χ4v) is 3.06. The molecule has 1 saturated heterocycles. The number of carboxylic acids is 1. The van der Waals surface area contributed by atoms with Gasteiger partial charge in [-0.3, -0.25) is 0 Å². The molecule has 2 heterocycles. The highest BCUT2D eigenvalue weighted by atomic mass is 32.1. The summed E-state index contributed by atoms with van der Waals surface area (Å²) in [6.07, 6.45) is 3.81. The largest absolute Gasteiger partial charge is 0.477 e. The second-order valence-electron chi connectivity index (χ2n) is 4.46. The number of thiazole rings is 1. The number of carbonyl (C=O) groups is 1. The monoisotopic (exact) mass is 240 g/mol. The molecule has 0 aromatic carbocycles. The van der Waals surface area contributed by atoms with Gasteiger partial charge in [-0.1, -0.05) is 25.2 Å². The maximum Gasteiger partial charge on any atom is 0.347 e. The van der Waals surface area contributed by atoms with Crippen LogP contribution in [0.3, 0.4) is 0 Å². The smallest absolute Gasteiger partial charge is 0.347 e. The molecule has 1 atom stereocenters. The second-order valence-corrected chi connectivity index (χ2v) is 5.47. The molecule has 0 saturated carbocycles. The van der Waals surface area contributed by atoms with Crippen LogP contribution >= 0.6 is 11.3 Å². The number of aromatic nitrogens is 1. The van der Waals surface area contributed by atoms with Gasteiger partial charge in [0, 0.05) is 12.6 Å². The summed E-state index contributed by atoms with van der Waals surface area (Å²) in [5, 5.41) is 9.72. The SMILES string of the molecule is CC(C)C1CCCN1c1ncc(C(=O)O)s1. The Labute approximate surface area is 98.9 Å². The van der Waals surface area contributed by atoms with Crippen molar-refractivity contribution in [1.82, 2.24) is 4.98 Å². The Balaban J connectivity index is 2.19. The molecule has 1 N–H and O–H groups in total. The molecule has 16 heavy (non-hydrogen) atoms. The first-order valence-electron chi connectivity index (χ1n) is 5.55. The maximum atomic E-state index is 10.8. The third-order valence-electron chi connectivity index (χ3n) is 3.02. The van der Waals surface area contributed by atoms with Crippen LogP contribution in [0.25, 0.3) is 0 Å². The van der Waals surface area contributed by atoms with E-state index in [1.54, 1.807) is 0 Å². The summed E-state index contributed by atoms with van der Waals surface area (Å²) < 4.78 is 0. The van der Waals surface area contributed by atoms with Crippen molar-refractivity contribution >= 4 is 22.4 Å². The van der Waals surface area contributed by atoms with E-state index in [1.165, 1.54) is 30.4 Å². The number of aromatic carboxylic acids is 1. The van der Waals surface area contributed by atoms with E-state index in [9.17, 15) is 4.79 Å². The van der Waals surface area contributed by atoms with Crippen molar-refractivity contribution in [2.24, 2.45) is 5.92 Å². The van der Waals surface area contributed by atoms with Crippen LogP contribution in [0.5, 0.6) is 0 Å². The summed E-state index contributed by atoms with van der Waals surface area (Å²) in [5.74, 6) is -0.302. The third kappa shape index (κ3) is 2.04. The van der Waals surface area contributed by atoms with Crippen LogP contribution in [0.1, 0.15) is 36.4 Å². The average Bonchev–Trinajstić information content (AvgIpc) is 2.86. The molecule has 1 aliphatic heterocycles. The highest BCUT2D eigenvalue weighted by molar-refractivity contribution is 7.17. The minimum Gasteiger partial charge on any atom is -0.477 e. The third-order valence-corrected chi connectivity index (χ3v) is 4.04. The minimum atomic E-state index is -0.885. The van der Waals surface area contributed by atoms with Gasteiger partial charge < -0.3 is 10.0 Å². The zero-order valence-corrected chi connectivity index (χ0v) is 10.3. The summed E-state index contributed by atoms with van der Waals surface area (Å²) in [4.78, 5) is 17.6. The van der Waals surface area contributed by atoms with Gasteiger partial charge in [-0.05, 0) is 18.8 Å². The summed E-state index contributed by atoms with van der Waals surface area (Å²) in [6.45, 7) is 5.40. The van der Waals surface area contributed by atoms with E-state index in [2.05, 4.69) is 23.7 Å². The van der Waals surface area contributed by atoms with Gasteiger partial charge in [-0.25, -0.2) is 9.78 Å². The minimum absolute atomic E-state index is 0.324. The molecule has 4 nitrogen and oxygen atoms in total. The first-order chi connectivity index (χ1) is 7.59. The number of rotatable bonds is 3. The Morgan fingerprint density at radius 3 is 3.00 bits per heavy atom. The van der Waals surface area contributed by atoms with Crippen molar-refractivity contribution in [3.63, 3.8) is 0 Å². The number of hydrogen-bond acceptors (Lipinski definition) is 4. The molecule has 0 aliphatic carbocycles. The van der Waals surface area contributed by atoms with Crippen LogP contribution in [0.2, 0.25) is 0 Å². The molecule has 1 aliphatic rings. The van der Waals surface area contributed by atoms with Crippen LogP contribution in [0.4, 0.5) is 5.13 Å². The normalized spacial score (nSPS) is 20.7. The van der Waals surface area contributed by atoms with E-state index in [0.29, 0.717) is 16.8 Å². The first-order valence-corrected chi connectivity index (χ1v) is 6.37. The van der Waals surface area contributed by atoms with E-state index in [1.807, 2.05) is 0 Å². The van der Waals surface area contributed by atoms with Gasteiger partial charge in [0.05, 0.1) is 6.20 Å². The van der Waals surface area contributed by atoms with Crippen LogP contribution in [0, 0.1) is 5.92 Å². The fraction of sp³-hybridized carbons (Fsp3) is 0.636. The number of carboxylic acid groups (broad SMARTS) is 1. The molecule has 88 valence electrons. The zero-order chi connectivity index (χ0) is 11.7. The zero-order valence-electron chi connectivity index (χ0n) is 9.51. The van der Waals surface area contributed by atoms with Crippen molar-refractivity contribution in [2.45, 2.75) is 32.7 Å². The van der Waals surface area contributed by atoms with Gasteiger partial charge in [0.15, 0.2) is 5.13 Å². The molecular formula is C11H16N2O2S. The summed E-state index contributed by atoms with van der Waals surface area (Å²) >= 11 is 1.27. The lowest BCUT2D eigenvalue weighted by atomic mass is 10.0. The van der Waals surface area contributed by atoms with Gasteiger partial charge in [-0.2, -0.15) is 0 Å². The topological polar surface area (TPSA) is 53.4 Å². The molecule has 1 aromatic rings. The number of nitrogens with zero attached hydrogens (tertiary/aromatic N) is 2. The van der Waals surface area contributed by atoms with Crippen molar-refractivity contribution < 1.29 is 9.90 Å². The molecular weight excluding hydrogens is 224 g/mol. The lowest BCUT2D eigenvalue weighted by Gasteiger charge is -2.26. The molecule has 1 fully saturated rings. The fourth-order valence-electron chi connectivity index (χ4n) is 2.22. The molecule has 2 rings (SSSR count). The molecule has 5 heteroatoms. The number of hydrogen-bond donors (Lipinski definition) is 1. The highest BCUT2D eigenvalue weighted by Gasteiger charge is 2.29. The van der Waals surface area contributed by atoms with Crippen LogP contribution < -0.4 is 4.90 Å². The highest BCUT2D eigenvalue weighted by Crippen LogP contribution is 2.32. The standard InChI is InChI=1S/C11H16N2O2S/c1-7(2)8-4-3-5-13(8)11-12-6-9(16-11)10(14)15/h6-8H,3-5H2,1-2H3,(H,14,15). The van der Waals surface area contributed by atoms with Gasteiger partial charge in [-0.15, -0.1) is 0 Å². The summed E-state index contributed by atoms with van der Waals surface area (Å²) in [6, 6.07) is 0.507. The molecule has 1 aromatic heterocycles. The van der Waals surface area contributed by atoms with Crippen LogP contribution in [-0.2, 0) is 0 Å². The predicted octanol–water partition coefficient (Wildman–Crippen LogP) is 2.47. The number of anilines is 1. The van der Waals surface area contributed by atoms with Gasteiger partial charge in [0.1, 0.15) is 4.88 Å². The van der Waals surface area contributed by atoms with Crippen LogP contribution in [-0.4, -0.2) is 28.6 Å². The second kappa shape index (κ2) is 4.41. The van der Waals surface area contributed by atoms with Gasteiger partial charge >= 0.3 is 5.97 Å². The van der Waals surface area contributed by atoms with E-state index in [-0.39, 0.29) is 0 Å². The molecule has 1 unspecified atom stereocenters. The Bertz CT molecular complexity index is 389. The Morgan fingerprint density at radius 2 is 2.44 bits per heavy atom. The Hall–Kier alpha value is -1.10. The molecule has 0 spiro atoms. The average molecular weight is 240 g/mol. The predicted molar refractivity (Wildman–Crippen MR) is 64.3 cm³/mol. The van der Waals surface area contributed by atoms with E-state index in [4.69, 9.17) is 5.11 Å². The van der Waals surface area contributed by atoms with Crippen molar-refractivity contribution in [3.05, 3.63) is 11.1 Å². The Kier molecular flexibility index (Phi) is 3.14. The van der Waals surface area contributed by atoms with Crippen molar-refractivity contribution in [2.75, 3.05) is 11.4 Å². The maximum absolute atomic E-state index is 10.8. The van der Waals surface area contributed by atoms with Crippen LogP contribution in [0.15, 0.2) is 6.20 Å². The lowest BCUT2D eigenvalue weighted by molar-refractivity contribution is 0.0702. The first kappa shape index (κ1) is 11.4. The summed E-state index contributed by atoms with van der Waals surface area (Å²) in [7, 11) is 0. The molecule has 0 radical (unpaired) electrons. The van der Waals surface area contributed by atoms with Crippen molar-refractivity contribution in [3.8, 4) is 0 Å². The summed E-state index contributed by atoms with van der Waals surface area (Å²) in [5.41, 5.74) is 0. The Morgan fingerprint density at radius 1 is 1.69 bits per heavy atom. The van der Waals surface area contributed by atoms with Crippen molar-refractivity contribution in [1.29, 1.82) is 0 Å². The van der Waals surface area contributed by atoms with Gasteiger partial charge in [0.25, 0.3) is 0 Å². The molecule has 0 bridgehead atoms. The quantitative estimate of drug-likeness (QED) is 0.881.